The number of benzene rings is 2. The van der Waals surface area contributed by atoms with Gasteiger partial charge in [-0.15, -0.1) is 0 Å². The van der Waals surface area contributed by atoms with Crippen molar-refractivity contribution in [2.24, 2.45) is 0 Å². The van der Waals surface area contributed by atoms with Crippen LogP contribution in [-0.4, -0.2) is 21.3 Å². The summed E-state index contributed by atoms with van der Waals surface area (Å²) >= 11 is 6.31. The predicted octanol–water partition coefficient (Wildman–Crippen LogP) is 4.14. The minimum Gasteiger partial charge on any atom is -0.476 e. The molecule has 106 valence electrons. The molecule has 3 rings (SSSR count). The number of aromatic carboxylic acids is 1. The number of carboxylic acids is 1. The molecule has 0 bridgehead atoms. The summed E-state index contributed by atoms with van der Waals surface area (Å²) < 4.78 is 0. The molecule has 0 unspecified atom stereocenters. The van der Waals surface area contributed by atoms with Crippen LogP contribution in [0.25, 0.3) is 22.0 Å². The molecular formula is C16H13ClN2O2. The van der Waals surface area contributed by atoms with E-state index in [9.17, 15) is 4.79 Å². The first-order chi connectivity index (χ1) is 10.1. The molecule has 0 fully saturated rings. The van der Waals surface area contributed by atoms with Crippen molar-refractivity contribution >= 4 is 28.5 Å². The topological polar surface area (TPSA) is 66.0 Å². The van der Waals surface area contributed by atoms with Gasteiger partial charge in [0.1, 0.15) is 0 Å². The van der Waals surface area contributed by atoms with Crippen molar-refractivity contribution in [1.82, 2.24) is 10.2 Å². The van der Waals surface area contributed by atoms with Gasteiger partial charge in [0, 0.05) is 10.9 Å². The smallest absolute Gasteiger partial charge is 0.357 e. The van der Waals surface area contributed by atoms with Crippen molar-refractivity contribution in [3.63, 3.8) is 0 Å². The van der Waals surface area contributed by atoms with Crippen molar-refractivity contribution in [3.05, 3.63) is 52.7 Å². The minimum atomic E-state index is -1.06. The summed E-state index contributed by atoms with van der Waals surface area (Å²) in [7, 11) is 0. The molecule has 3 aromatic rings. The maximum absolute atomic E-state index is 11.2. The molecule has 0 amide bonds. The highest BCUT2D eigenvalue weighted by molar-refractivity contribution is 6.34. The number of aromatic nitrogens is 2. The number of carbonyl (C=O) groups is 1. The first-order valence-electron chi connectivity index (χ1n) is 6.60. The number of nitrogens with zero attached hydrogens (tertiary/aromatic N) is 1. The number of nitrogens with one attached hydrogen (secondary N) is 1. The van der Waals surface area contributed by atoms with Gasteiger partial charge in [-0.2, -0.15) is 5.10 Å². The number of halogens is 1. The number of H-pyrrole nitrogens is 1. The average Bonchev–Trinajstić information content (AvgIpc) is 2.89. The maximum atomic E-state index is 11.2. The van der Waals surface area contributed by atoms with Gasteiger partial charge in [0.25, 0.3) is 0 Å². The van der Waals surface area contributed by atoms with Gasteiger partial charge in [-0.05, 0) is 29.7 Å². The standard InChI is InChI=1S/C16H13ClN2O2/c1-2-9-3-5-10(6-4-9)11-7-12-14(8-13(11)17)18-19-15(12)16(20)21/h3-8H,2H2,1H3,(H,18,19)(H,20,21). The average molecular weight is 301 g/mol. The highest BCUT2D eigenvalue weighted by atomic mass is 35.5. The minimum absolute atomic E-state index is 0.00750. The molecule has 4 nitrogen and oxygen atoms in total. The van der Waals surface area contributed by atoms with Crippen LogP contribution in [0.4, 0.5) is 0 Å². The second kappa shape index (κ2) is 5.22. The van der Waals surface area contributed by atoms with Crippen molar-refractivity contribution in [3.8, 4) is 11.1 Å². The molecule has 2 aromatic carbocycles. The van der Waals surface area contributed by atoms with E-state index in [0.717, 1.165) is 17.5 Å². The molecule has 0 aliphatic rings. The SMILES string of the molecule is CCc1ccc(-c2cc3c(C(=O)O)n[nH]c3cc2Cl)cc1. The lowest BCUT2D eigenvalue weighted by molar-refractivity contribution is 0.0692. The Labute approximate surface area is 126 Å². The van der Waals surface area contributed by atoms with Gasteiger partial charge in [-0.1, -0.05) is 42.8 Å². The number of hydrogen-bond donors (Lipinski definition) is 2. The largest absolute Gasteiger partial charge is 0.476 e. The molecular weight excluding hydrogens is 288 g/mol. The zero-order chi connectivity index (χ0) is 15.0. The molecule has 1 heterocycles. The predicted molar refractivity (Wildman–Crippen MR) is 82.9 cm³/mol. The van der Waals surface area contributed by atoms with E-state index in [1.54, 1.807) is 12.1 Å². The fraction of sp³-hybridized carbons (Fsp3) is 0.125. The summed E-state index contributed by atoms with van der Waals surface area (Å²) in [4.78, 5) is 11.2. The molecule has 2 N–H and O–H groups in total. The number of aryl methyl sites for hydroxylation is 1. The Morgan fingerprint density at radius 2 is 2.00 bits per heavy atom. The van der Waals surface area contributed by atoms with Crippen LogP contribution in [0.5, 0.6) is 0 Å². The van der Waals surface area contributed by atoms with Gasteiger partial charge in [0.2, 0.25) is 0 Å². The molecule has 0 saturated heterocycles. The molecule has 5 heteroatoms. The lowest BCUT2D eigenvalue weighted by Crippen LogP contribution is -1.96. The fourth-order valence-electron chi connectivity index (χ4n) is 2.34. The quantitative estimate of drug-likeness (QED) is 0.764. The highest BCUT2D eigenvalue weighted by Crippen LogP contribution is 2.32. The van der Waals surface area contributed by atoms with Gasteiger partial charge < -0.3 is 5.11 Å². The van der Waals surface area contributed by atoms with Crippen LogP contribution in [0.15, 0.2) is 36.4 Å². The third-order valence-electron chi connectivity index (χ3n) is 3.53. The Balaban J connectivity index is 2.18. The van der Waals surface area contributed by atoms with Crippen LogP contribution < -0.4 is 0 Å². The van der Waals surface area contributed by atoms with E-state index < -0.39 is 5.97 Å². The van der Waals surface area contributed by atoms with Crippen LogP contribution in [-0.2, 0) is 6.42 Å². The third kappa shape index (κ3) is 2.38. The number of aromatic amines is 1. The van der Waals surface area contributed by atoms with E-state index in [2.05, 4.69) is 17.1 Å². The zero-order valence-electron chi connectivity index (χ0n) is 11.4. The lowest BCUT2D eigenvalue weighted by Gasteiger charge is -2.06. The van der Waals surface area contributed by atoms with Gasteiger partial charge in [0.15, 0.2) is 5.69 Å². The second-order valence-electron chi connectivity index (χ2n) is 4.81. The number of hydrogen-bond acceptors (Lipinski definition) is 2. The van der Waals surface area contributed by atoms with Gasteiger partial charge in [0.05, 0.1) is 10.5 Å². The maximum Gasteiger partial charge on any atom is 0.357 e. The fourth-order valence-corrected chi connectivity index (χ4v) is 2.62. The number of fused-ring (bicyclic) bond motifs is 1. The normalized spacial score (nSPS) is 11.0. The van der Waals surface area contributed by atoms with Crippen LogP contribution >= 0.6 is 11.6 Å². The molecule has 0 radical (unpaired) electrons. The first-order valence-corrected chi connectivity index (χ1v) is 6.98. The summed E-state index contributed by atoms with van der Waals surface area (Å²) in [5, 5.41) is 16.8. The monoisotopic (exact) mass is 300 g/mol. The van der Waals surface area contributed by atoms with Crippen LogP contribution in [0.1, 0.15) is 23.0 Å². The molecule has 1 aromatic heterocycles. The molecule has 0 aliphatic heterocycles. The molecule has 0 saturated carbocycles. The lowest BCUT2D eigenvalue weighted by atomic mass is 10.0. The van der Waals surface area contributed by atoms with Gasteiger partial charge in [-0.25, -0.2) is 4.79 Å². The first kappa shape index (κ1) is 13.6. The van der Waals surface area contributed by atoms with Crippen molar-refractivity contribution in [2.45, 2.75) is 13.3 Å². The Morgan fingerprint density at radius 3 is 2.62 bits per heavy atom. The van der Waals surface area contributed by atoms with Crippen molar-refractivity contribution < 1.29 is 9.90 Å². The summed E-state index contributed by atoms with van der Waals surface area (Å²) in [6.45, 7) is 2.10. The molecule has 0 atom stereocenters. The second-order valence-corrected chi connectivity index (χ2v) is 5.21. The van der Waals surface area contributed by atoms with Crippen molar-refractivity contribution in [1.29, 1.82) is 0 Å². The van der Waals surface area contributed by atoms with Crippen LogP contribution in [0.2, 0.25) is 5.02 Å². The van der Waals surface area contributed by atoms with E-state index in [0.29, 0.717) is 15.9 Å². The molecule has 0 spiro atoms. The van der Waals surface area contributed by atoms with Crippen LogP contribution in [0.3, 0.4) is 0 Å². The van der Waals surface area contributed by atoms with E-state index in [4.69, 9.17) is 16.7 Å². The Hall–Kier alpha value is -2.33. The highest BCUT2D eigenvalue weighted by Gasteiger charge is 2.15. The zero-order valence-corrected chi connectivity index (χ0v) is 12.1. The van der Waals surface area contributed by atoms with E-state index in [-0.39, 0.29) is 5.69 Å². The summed E-state index contributed by atoms with van der Waals surface area (Å²) in [5.41, 5.74) is 3.62. The molecule has 0 aliphatic carbocycles. The van der Waals surface area contributed by atoms with Gasteiger partial charge in [-0.3, -0.25) is 5.10 Å². The summed E-state index contributed by atoms with van der Waals surface area (Å²) in [5.74, 6) is -1.06. The van der Waals surface area contributed by atoms with E-state index in [1.165, 1.54) is 5.56 Å². The van der Waals surface area contributed by atoms with Crippen molar-refractivity contribution in [2.75, 3.05) is 0 Å². The summed E-state index contributed by atoms with van der Waals surface area (Å²) in [6, 6.07) is 11.6. The molecule has 21 heavy (non-hydrogen) atoms. The van der Waals surface area contributed by atoms with Crippen LogP contribution in [0, 0.1) is 0 Å². The Bertz CT molecular complexity index is 822. The number of rotatable bonds is 3. The summed E-state index contributed by atoms with van der Waals surface area (Å²) in [6.07, 6.45) is 0.970. The third-order valence-corrected chi connectivity index (χ3v) is 3.84. The van der Waals surface area contributed by atoms with Gasteiger partial charge >= 0.3 is 5.97 Å². The van der Waals surface area contributed by atoms with E-state index in [1.807, 2.05) is 24.3 Å². The number of carboxylic acid groups (broad SMARTS) is 1. The van der Waals surface area contributed by atoms with E-state index >= 15 is 0 Å². The Kier molecular flexibility index (Phi) is 3.39. The Morgan fingerprint density at radius 1 is 1.29 bits per heavy atom.